The van der Waals surface area contributed by atoms with E-state index < -0.39 is 17.3 Å². The largest absolute Gasteiger partial charge is 0.488 e. The molecule has 7 heteroatoms. The summed E-state index contributed by atoms with van der Waals surface area (Å²) in [6.07, 6.45) is 0.808. The van der Waals surface area contributed by atoms with Crippen LogP contribution in [0.2, 0.25) is 0 Å². The Balaban J connectivity index is 1.42. The second-order valence-corrected chi connectivity index (χ2v) is 7.62. The lowest BCUT2D eigenvalue weighted by atomic mass is 10.0. The van der Waals surface area contributed by atoms with Crippen LogP contribution in [0, 0.1) is 5.82 Å². The molecule has 0 unspecified atom stereocenters. The minimum Gasteiger partial charge on any atom is -0.488 e. The summed E-state index contributed by atoms with van der Waals surface area (Å²) >= 11 is 0. The Labute approximate surface area is 166 Å². The van der Waals surface area contributed by atoms with Gasteiger partial charge in [-0.15, -0.1) is 0 Å². The van der Waals surface area contributed by atoms with E-state index in [0.29, 0.717) is 16.7 Å². The first kappa shape index (κ1) is 19.0. The van der Waals surface area contributed by atoms with Crippen molar-refractivity contribution in [3.05, 3.63) is 69.8 Å². The summed E-state index contributed by atoms with van der Waals surface area (Å²) in [6, 6.07) is 10.8. The topological polar surface area (TPSA) is 80.4 Å². The van der Waals surface area contributed by atoms with Crippen LogP contribution in [0.4, 0.5) is 4.39 Å². The predicted molar refractivity (Wildman–Crippen MR) is 107 cm³/mol. The van der Waals surface area contributed by atoms with Crippen LogP contribution in [-0.2, 0) is 6.42 Å². The lowest BCUT2D eigenvalue weighted by Gasteiger charge is -2.18. The van der Waals surface area contributed by atoms with Gasteiger partial charge >= 0.3 is 0 Å². The average molecular weight is 396 g/mol. The van der Waals surface area contributed by atoms with E-state index in [2.05, 4.69) is 10.3 Å². The first-order valence-corrected chi connectivity index (χ1v) is 9.37. The number of para-hydroxylation sites is 1. The molecule has 0 fully saturated rings. The van der Waals surface area contributed by atoms with Crippen LogP contribution in [0.15, 0.2) is 47.3 Å². The molecule has 2 N–H and O–H groups in total. The van der Waals surface area contributed by atoms with Crippen molar-refractivity contribution >= 4 is 16.8 Å². The zero-order chi connectivity index (χ0) is 20.6. The summed E-state index contributed by atoms with van der Waals surface area (Å²) in [4.78, 5) is 26.9. The molecular formula is C22H21FN2O4. The van der Waals surface area contributed by atoms with Crippen LogP contribution in [0.5, 0.6) is 11.5 Å². The molecule has 1 aliphatic heterocycles. The van der Waals surface area contributed by atoms with Crippen molar-refractivity contribution in [3.63, 3.8) is 0 Å². The molecule has 2 aromatic carbocycles. The maximum atomic E-state index is 13.6. The molecule has 0 saturated carbocycles. The highest BCUT2D eigenvalue weighted by atomic mass is 19.1. The molecule has 150 valence electrons. The van der Waals surface area contributed by atoms with Gasteiger partial charge in [0.2, 0.25) is 5.56 Å². The van der Waals surface area contributed by atoms with Gasteiger partial charge in [-0.1, -0.05) is 12.1 Å². The van der Waals surface area contributed by atoms with Crippen molar-refractivity contribution < 1.29 is 18.7 Å². The number of nitrogens with one attached hydrogen (secondary N) is 2. The number of pyridine rings is 1. The van der Waals surface area contributed by atoms with Crippen LogP contribution >= 0.6 is 0 Å². The van der Waals surface area contributed by atoms with Gasteiger partial charge in [0.15, 0.2) is 11.5 Å². The van der Waals surface area contributed by atoms with E-state index in [0.717, 1.165) is 23.8 Å². The number of halogens is 1. The van der Waals surface area contributed by atoms with Gasteiger partial charge in [-0.2, -0.15) is 0 Å². The number of H-pyrrole nitrogens is 1. The van der Waals surface area contributed by atoms with Gasteiger partial charge in [-0.3, -0.25) is 9.59 Å². The fourth-order valence-electron chi connectivity index (χ4n) is 3.54. The number of hydrogen-bond donors (Lipinski definition) is 2. The van der Waals surface area contributed by atoms with Gasteiger partial charge in [-0.25, -0.2) is 4.39 Å². The van der Waals surface area contributed by atoms with E-state index in [1.54, 1.807) is 0 Å². The van der Waals surface area contributed by atoms with Gasteiger partial charge in [0.1, 0.15) is 18.0 Å². The zero-order valence-electron chi connectivity index (χ0n) is 16.2. The molecule has 0 bridgehead atoms. The fourth-order valence-corrected chi connectivity index (χ4v) is 3.54. The molecule has 4 rings (SSSR count). The number of aromatic amines is 1. The highest BCUT2D eigenvalue weighted by Gasteiger charge is 2.32. The van der Waals surface area contributed by atoms with Gasteiger partial charge < -0.3 is 19.8 Å². The minimum atomic E-state index is -0.484. The number of carbonyl (C=O) groups is 1. The maximum Gasteiger partial charge on any atom is 0.252 e. The Morgan fingerprint density at radius 3 is 2.93 bits per heavy atom. The Morgan fingerprint density at radius 2 is 2.10 bits per heavy atom. The van der Waals surface area contributed by atoms with E-state index in [1.165, 1.54) is 18.2 Å². The SMILES string of the molecule is CC1(C)Cc2cccc(OCCNC(=O)c3cc(=O)[nH]c4ccc(F)cc34)c2O1. The summed E-state index contributed by atoms with van der Waals surface area (Å²) in [7, 11) is 0. The van der Waals surface area contributed by atoms with E-state index >= 15 is 0 Å². The minimum absolute atomic E-state index is 0.119. The van der Waals surface area contributed by atoms with Crippen molar-refractivity contribution in [2.45, 2.75) is 25.9 Å². The number of ether oxygens (including phenoxy) is 2. The number of rotatable bonds is 5. The normalized spacial score (nSPS) is 14.3. The van der Waals surface area contributed by atoms with E-state index in [9.17, 15) is 14.0 Å². The molecule has 0 atom stereocenters. The molecule has 0 saturated heterocycles. The number of benzene rings is 2. The van der Waals surface area contributed by atoms with E-state index in [4.69, 9.17) is 9.47 Å². The van der Waals surface area contributed by atoms with Gasteiger partial charge in [0, 0.05) is 29.0 Å². The molecular weight excluding hydrogens is 375 g/mol. The van der Waals surface area contributed by atoms with Crippen LogP contribution < -0.4 is 20.3 Å². The molecule has 3 aromatic rings. The third-order valence-electron chi connectivity index (χ3n) is 4.75. The maximum absolute atomic E-state index is 13.6. The van der Waals surface area contributed by atoms with Crippen molar-refractivity contribution in [2.24, 2.45) is 0 Å². The lowest BCUT2D eigenvalue weighted by Crippen LogP contribution is -2.29. The standard InChI is InChI=1S/C22H21FN2O4/c1-22(2)12-13-4-3-5-18(20(13)29-22)28-9-8-24-21(27)16-11-19(26)25-17-7-6-14(23)10-15(16)17/h3-7,10-11H,8-9,12H2,1-2H3,(H,24,27)(H,25,26). The van der Waals surface area contributed by atoms with E-state index in [-0.39, 0.29) is 24.3 Å². The van der Waals surface area contributed by atoms with Crippen molar-refractivity contribution in [3.8, 4) is 11.5 Å². The fraction of sp³-hybridized carbons (Fsp3) is 0.273. The summed E-state index contributed by atoms with van der Waals surface area (Å²) in [5.41, 5.74) is 0.916. The van der Waals surface area contributed by atoms with Crippen molar-refractivity contribution in [1.29, 1.82) is 0 Å². The zero-order valence-corrected chi connectivity index (χ0v) is 16.2. The van der Waals surface area contributed by atoms with E-state index in [1.807, 2.05) is 32.0 Å². The number of aromatic nitrogens is 1. The molecule has 0 spiro atoms. The van der Waals surface area contributed by atoms with Crippen LogP contribution in [0.1, 0.15) is 29.8 Å². The number of amides is 1. The van der Waals surface area contributed by atoms with Crippen LogP contribution in [-0.4, -0.2) is 29.6 Å². The first-order valence-electron chi connectivity index (χ1n) is 9.37. The summed E-state index contributed by atoms with van der Waals surface area (Å²) in [5, 5.41) is 3.06. The quantitative estimate of drug-likeness (QED) is 0.649. The molecule has 0 radical (unpaired) electrons. The molecule has 0 aliphatic carbocycles. The van der Waals surface area contributed by atoms with Crippen LogP contribution in [0.3, 0.4) is 0 Å². The predicted octanol–water partition coefficient (Wildman–Crippen LogP) is 3.19. The number of carbonyl (C=O) groups excluding carboxylic acids is 1. The van der Waals surface area contributed by atoms with Gasteiger partial charge in [0.25, 0.3) is 5.91 Å². The highest BCUT2D eigenvalue weighted by Crippen LogP contribution is 2.41. The van der Waals surface area contributed by atoms with Gasteiger partial charge in [0.05, 0.1) is 12.1 Å². The second-order valence-electron chi connectivity index (χ2n) is 7.62. The Morgan fingerprint density at radius 1 is 1.28 bits per heavy atom. The second kappa shape index (κ2) is 7.24. The summed E-state index contributed by atoms with van der Waals surface area (Å²) in [5.74, 6) is 0.416. The molecule has 1 aliphatic rings. The molecule has 1 aromatic heterocycles. The average Bonchev–Trinajstić information content (AvgIpc) is 2.99. The Bertz CT molecular complexity index is 1150. The van der Waals surface area contributed by atoms with Crippen molar-refractivity contribution in [2.75, 3.05) is 13.2 Å². The highest BCUT2D eigenvalue weighted by molar-refractivity contribution is 6.05. The molecule has 29 heavy (non-hydrogen) atoms. The number of fused-ring (bicyclic) bond motifs is 2. The van der Waals surface area contributed by atoms with Gasteiger partial charge in [-0.05, 0) is 38.1 Å². The third kappa shape index (κ3) is 3.94. The first-order chi connectivity index (χ1) is 13.8. The third-order valence-corrected chi connectivity index (χ3v) is 4.75. The smallest absolute Gasteiger partial charge is 0.252 e. The molecule has 6 nitrogen and oxygen atoms in total. The monoisotopic (exact) mass is 396 g/mol. The van der Waals surface area contributed by atoms with Crippen molar-refractivity contribution in [1.82, 2.24) is 10.3 Å². The summed E-state index contributed by atoms with van der Waals surface area (Å²) < 4.78 is 25.3. The molecule has 2 heterocycles. The number of hydrogen-bond acceptors (Lipinski definition) is 4. The Hall–Kier alpha value is -3.35. The summed E-state index contributed by atoms with van der Waals surface area (Å²) in [6.45, 7) is 4.48. The Kier molecular flexibility index (Phi) is 4.74. The lowest BCUT2D eigenvalue weighted by molar-refractivity contribution is 0.0947. The van der Waals surface area contributed by atoms with Crippen LogP contribution in [0.25, 0.3) is 10.9 Å². The molecule has 1 amide bonds.